The first kappa shape index (κ1) is 31.3. The molecule has 7 heterocycles. The van der Waals surface area contributed by atoms with Crippen molar-refractivity contribution in [2.24, 2.45) is 7.05 Å². The Labute approximate surface area is 280 Å². The van der Waals surface area contributed by atoms with Crippen molar-refractivity contribution in [3.05, 3.63) is 53.2 Å². The van der Waals surface area contributed by atoms with Gasteiger partial charge in [0.05, 0.1) is 17.2 Å². The van der Waals surface area contributed by atoms with Gasteiger partial charge in [-0.05, 0) is 75.1 Å². The molecule has 4 saturated heterocycles. The van der Waals surface area contributed by atoms with Crippen molar-refractivity contribution in [2.45, 2.75) is 88.0 Å². The van der Waals surface area contributed by atoms with Crippen molar-refractivity contribution in [1.29, 1.82) is 0 Å². The zero-order valence-electron chi connectivity index (χ0n) is 27.4. The van der Waals surface area contributed by atoms with Gasteiger partial charge in [-0.2, -0.15) is 18.9 Å². The molecule has 0 aliphatic carbocycles. The fourth-order valence-electron chi connectivity index (χ4n) is 9.72. The largest absolute Gasteiger partial charge is 0.522 e. The van der Waals surface area contributed by atoms with Crippen molar-refractivity contribution in [1.82, 2.24) is 20.2 Å². The molecule has 5 aliphatic heterocycles. The van der Waals surface area contributed by atoms with Crippen molar-refractivity contribution < 1.29 is 36.0 Å². The summed E-state index contributed by atoms with van der Waals surface area (Å²) in [6, 6.07) is 9.40. The van der Waals surface area contributed by atoms with E-state index in [1.807, 2.05) is 34.7 Å². The Kier molecular flexibility index (Phi) is 7.13. The number of pyridine rings is 1. The van der Waals surface area contributed by atoms with Crippen LogP contribution >= 0.6 is 0 Å². The summed E-state index contributed by atoms with van der Waals surface area (Å²) >= 11 is 0. The van der Waals surface area contributed by atoms with E-state index >= 15 is 4.39 Å². The predicted octanol–water partition coefficient (Wildman–Crippen LogP) is 5.64. The summed E-state index contributed by atoms with van der Waals surface area (Å²) in [6.07, 6.45) is -0.447. The number of halogens is 5. The molecule has 2 bridgehead atoms. The Morgan fingerprint density at radius 2 is 1.92 bits per heavy atom. The van der Waals surface area contributed by atoms with Gasteiger partial charge >= 0.3 is 12.4 Å². The Morgan fingerprint density at radius 1 is 1.06 bits per heavy atom. The molecule has 9 rings (SSSR count). The summed E-state index contributed by atoms with van der Waals surface area (Å²) in [4.78, 5) is 14.0. The van der Waals surface area contributed by atoms with Crippen LogP contribution < -0.4 is 19.5 Å². The lowest BCUT2D eigenvalue weighted by Crippen LogP contribution is -2.58. The van der Waals surface area contributed by atoms with Crippen LogP contribution in [0.25, 0.3) is 32.9 Å². The summed E-state index contributed by atoms with van der Waals surface area (Å²) < 4.78 is 84.4. The lowest BCUT2D eigenvalue weighted by Gasteiger charge is -2.41. The maximum Gasteiger partial charge on any atom is 0.522 e. The second-order valence-electron chi connectivity index (χ2n) is 14.6. The molecule has 0 saturated carbocycles. The minimum atomic E-state index is -4.72. The molecule has 258 valence electrons. The van der Waals surface area contributed by atoms with Crippen LogP contribution in [0.1, 0.15) is 49.8 Å². The third kappa shape index (κ3) is 4.97. The Balaban J connectivity index is 1.19. The number of aromatic nitrogens is 3. The first-order valence-corrected chi connectivity index (χ1v) is 17.2. The van der Waals surface area contributed by atoms with E-state index in [1.54, 1.807) is 13.0 Å². The van der Waals surface area contributed by atoms with Gasteiger partial charge in [0.25, 0.3) is 5.69 Å². The zero-order chi connectivity index (χ0) is 33.8. The van der Waals surface area contributed by atoms with Crippen LogP contribution in [0.3, 0.4) is 0 Å². The number of aryl methyl sites for hydroxylation is 2. The average molecular weight is 682 g/mol. The molecule has 49 heavy (non-hydrogen) atoms. The van der Waals surface area contributed by atoms with Crippen LogP contribution in [0, 0.1) is 18.6 Å². The third-order valence-corrected chi connectivity index (χ3v) is 11.9. The summed E-state index contributed by atoms with van der Waals surface area (Å²) in [7, 11) is 1.86. The minimum Gasteiger partial charge on any atom is -0.461 e. The fourth-order valence-corrected chi connectivity index (χ4v) is 9.72. The van der Waals surface area contributed by atoms with Crippen LogP contribution in [0.2, 0.25) is 0 Å². The molecule has 0 amide bonds. The second-order valence-corrected chi connectivity index (χ2v) is 14.6. The van der Waals surface area contributed by atoms with E-state index < -0.39 is 23.8 Å². The number of nitrogens with zero attached hydrogens (tertiary/aromatic N) is 5. The maximum atomic E-state index is 17.3. The minimum absolute atomic E-state index is 0.000224. The van der Waals surface area contributed by atoms with E-state index in [2.05, 4.69) is 15.0 Å². The molecule has 5 aliphatic rings. The van der Waals surface area contributed by atoms with E-state index in [0.717, 1.165) is 43.3 Å². The molecule has 1 N–H and O–H groups in total. The molecule has 0 unspecified atom stereocenters. The maximum absolute atomic E-state index is 17.3. The van der Waals surface area contributed by atoms with Crippen molar-refractivity contribution in [3.8, 4) is 17.3 Å². The quantitative estimate of drug-likeness (QED) is 0.216. The highest BCUT2D eigenvalue weighted by molar-refractivity contribution is 6.00. The van der Waals surface area contributed by atoms with Gasteiger partial charge < -0.3 is 15.0 Å². The molecule has 4 aromatic rings. The van der Waals surface area contributed by atoms with Gasteiger partial charge in [-0.3, -0.25) is 9.64 Å². The van der Waals surface area contributed by atoms with Crippen molar-refractivity contribution in [3.63, 3.8) is 0 Å². The SMILES string of the molecule is Cc1c(F)ccc2cccc(-c3c(F)c4nc(OC[C@]56CCCN5C[C@H](OC(F)(F)F)C6)nc5c4c([n+]3C)CC[C@@H]3[C@@H]4CC[C@H](CN53)N4)c12. The van der Waals surface area contributed by atoms with Crippen LogP contribution in [0.5, 0.6) is 6.01 Å². The highest BCUT2D eigenvalue weighted by Crippen LogP contribution is 2.44. The molecule has 13 heteroatoms. The average Bonchev–Trinajstić information content (AvgIpc) is 3.70. The molecule has 2 aromatic heterocycles. The number of hydrogen-bond acceptors (Lipinski definition) is 7. The first-order valence-electron chi connectivity index (χ1n) is 17.2. The van der Waals surface area contributed by atoms with Crippen molar-refractivity contribution in [2.75, 3.05) is 31.1 Å². The number of rotatable bonds is 5. The standard InChI is InChI=1S/C36H38F5N6O2/c1-19-24(37)9-7-20-5-3-6-23(28(19)20)32-30(38)31-29-27(45(32)2)12-11-26-25-10-8-21(42-25)16-47(26)33(29)44-34(43-31)48-18-35-13-4-14-46(35)17-22(15-35)49-36(39,40)41/h3,5-7,9,21-22,25-26,42H,4,8,10-18H2,1-2H3/q+1/t21-,22-,25+,26-,35-/m1/s1. The number of nitrogens with one attached hydrogen (secondary N) is 1. The van der Waals surface area contributed by atoms with Crippen LogP contribution in [-0.2, 0) is 18.2 Å². The number of anilines is 1. The highest BCUT2D eigenvalue weighted by Gasteiger charge is 2.52. The predicted molar refractivity (Wildman–Crippen MR) is 172 cm³/mol. The lowest BCUT2D eigenvalue weighted by molar-refractivity contribution is -0.667. The van der Waals surface area contributed by atoms with Gasteiger partial charge in [0.1, 0.15) is 30.4 Å². The smallest absolute Gasteiger partial charge is 0.461 e. The monoisotopic (exact) mass is 681 g/mol. The Morgan fingerprint density at radius 3 is 2.76 bits per heavy atom. The normalized spacial score (nSPS) is 27.9. The van der Waals surface area contributed by atoms with Gasteiger partial charge in [-0.25, -0.2) is 4.39 Å². The van der Waals surface area contributed by atoms with E-state index in [-0.39, 0.29) is 49.0 Å². The topological polar surface area (TPSA) is 66.6 Å². The molecule has 0 radical (unpaired) electrons. The summed E-state index contributed by atoms with van der Waals surface area (Å²) in [6.45, 7) is 3.31. The second kappa shape index (κ2) is 11.2. The molecule has 4 fully saturated rings. The molecule has 8 nitrogen and oxygen atoms in total. The molecule has 5 atom stereocenters. The summed E-state index contributed by atoms with van der Waals surface area (Å²) in [5.74, 6) is -0.290. The molecule has 0 spiro atoms. The molecule has 2 aromatic carbocycles. The van der Waals surface area contributed by atoms with Gasteiger partial charge in [0.15, 0.2) is 11.5 Å². The van der Waals surface area contributed by atoms with Crippen LogP contribution in [0.15, 0.2) is 30.3 Å². The van der Waals surface area contributed by atoms with E-state index in [4.69, 9.17) is 14.7 Å². The van der Waals surface area contributed by atoms with Crippen LogP contribution in [0.4, 0.5) is 27.8 Å². The van der Waals surface area contributed by atoms with E-state index in [0.29, 0.717) is 58.8 Å². The van der Waals surface area contributed by atoms with E-state index in [9.17, 15) is 17.6 Å². The van der Waals surface area contributed by atoms with E-state index in [1.165, 1.54) is 6.07 Å². The Hall–Kier alpha value is -3.68. The fraction of sp³-hybridized carbons (Fsp3) is 0.528. The third-order valence-electron chi connectivity index (χ3n) is 11.9. The number of benzene rings is 2. The van der Waals surface area contributed by atoms with Gasteiger partial charge in [-0.15, -0.1) is 13.2 Å². The number of ether oxygens (including phenoxy) is 2. The molecular weight excluding hydrogens is 643 g/mol. The Bertz CT molecular complexity index is 2010. The lowest BCUT2D eigenvalue weighted by atomic mass is 9.94. The summed E-state index contributed by atoms with van der Waals surface area (Å²) in [5, 5.41) is 5.85. The number of fused-ring (bicyclic) bond motifs is 7. The number of hydrogen-bond donors (Lipinski definition) is 1. The molecular formula is C36H38F5N6O2+. The summed E-state index contributed by atoms with van der Waals surface area (Å²) in [5.41, 5.74) is 1.69. The van der Waals surface area contributed by atoms with Gasteiger partial charge in [0.2, 0.25) is 5.82 Å². The van der Waals surface area contributed by atoms with Crippen molar-refractivity contribution >= 4 is 27.5 Å². The van der Waals surface area contributed by atoms with Crippen LogP contribution in [-0.4, -0.2) is 77.2 Å². The first-order chi connectivity index (χ1) is 23.5. The highest BCUT2D eigenvalue weighted by atomic mass is 19.4. The van der Waals surface area contributed by atoms with Gasteiger partial charge in [0, 0.05) is 43.0 Å². The zero-order valence-corrected chi connectivity index (χ0v) is 27.4. The van der Waals surface area contributed by atoms with Gasteiger partial charge in [-0.1, -0.05) is 18.2 Å². The number of piperazine rings is 1. The number of alkyl halides is 3.